The number of carboxylic acids is 1. The Balaban J connectivity index is 1.63. The smallest absolute Gasteiger partial charge is 0.322 e. The average Bonchev–Trinajstić information content (AvgIpc) is 3.07. The predicted octanol–water partition coefficient (Wildman–Crippen LogP) is 2.74. The molecule has 138 valence electrons. The van der Waals surface area contributed by atoms with Crippen LogP contribution in [0, 0.1) is 6.92 Å². The van der Waals surface area contributed by atoms with Crippen molar-refractivity contribution >= 4 is 34.4 Å². The van der Waals surface area contributed by atoms with Crippen molar-refractivity contribution in [1.82, 2.24) is 5.32 Å². The fourth-order valence-corrected chi connectivity index (χ4v) is 2.64. The molecule has 0 bridgehead atoms. The van der Waals surface area contributed by atoms with E-state index in [9.17, 15) is 14.4 Å². The first-order valence-electron chi connectivity index (χ1n) is 8.30. The Kier molecular flexibility index (Phi) is 5.21. The fraction of sp³-hybridized carbons (Fsp3) is 0.150. The van der Waals surface area contributed by atoms with E-state index in [2.05, 4.69) is 10.6 Å². The summed E-state index contributed by atoms with van der Waals surface area (Å²) in [5.74, 6) is -1.62. The first-order valence-corrected chi connectivity index (χ1v) is 8.30. The normalized spacial score (nSPS) is 10.6. The standard InChI is InChI=1S/C20H18N2O5/c1-12-3-2-4-14-10-16(27-19(12)14)20(26)22-15-7-5-13(6-8-15)9-17(23)21-11-18(24)25/h2-8,10H,9,11H2,1H3,(H,21,23)(H,22,26)(H,24,25). The molecule has 7 nitrogen and oxygen atoms in total. The molecule has 0 saturated heterocycles. The van der Waals surface area contributed by atoms with Crippen LogP contribution in [0.3, 0.4) is 0 Å². The molecule has 0 saturated carbocycles. The molecular formula is C20H18N2O5. The first kappa shape index (κ1) is 18.2. The third-order valence-corrected chi connectivity index (χ3v) is 3.98. The molecule has 0 radical (unpaired) electrons. The van der Waals surface area contributed by atoms with Gasteiger partial charge in [0.1, 0.15) is 12.1 Å². The number of aryl methyl sites for hydroxylation is 1. The predicted molar refractivity (Wildman–Crippen MR) is 99.7 cm³/mol. The van der Waals surface area contributed by atoms with Gasteiger partial charge in [0.2, 0.25) is 5.91 Å². The van der Waals surface area contributed by atoms with Gasteiger partial charge in [-0.15, -0.1) is 0 Å². The number of amides is 2. The maximum Gasteiger partial charge on any atom is 0.322 e. The van der Waals surface area contributed by atoms with Gasteiger partial charge in [0.15, 0.2) is 5.76 Å². The second-order valence-corrected chi connectivity index (χ2v) is 6.10. The highest BCUT2D eigenvalue weighted by Crippen LogP contribution is 2.23. The first-order chi connectivity index (χ1) is 12.9. The van der Waals surface area contributed by atoms with Gasteiger partial charge >= 0.3 is 5.97 Å². The van der Waals surface area contributed by atoms with Crippen molar-refractivity contribution in [3.63, 3.8) is 0 Å². The maximum atomic E-state index is 12.4. The number of benzene rings is 2. The van der Waals surface area contributed by atoms with Crippen LogP contribution in [0.25, 0.3) is 11.0 Å². The minimum atomic E-state index is -1.10. The highest BCUT2D eigenvalue weighted by molar-refractivity contribution is 6.04. The van der Waals surface area contributed by atoms with Crippen molar-refractivity contribution in [3.05, 3.63) is 65.4 Å². The summed E-state index contributed by atoms with van der Waals surface area (Å²) in [6.07, 6.45) is 0.0599. The molecule has 27 heavy (non-hydrogen) atoms. The summed E-state index contributed by atoms with van der Waals surface area (Å²) in [5, 5.41) is 14.4. The number of carbonyl (C=O) groups excluding carboxylic acids is 2. The van der Waals surface area contributed by atoms with Crippen LogP contribution in [0.15, 0.2) is 52.9 Å². The number of rotatable bonds is 6. The van der Waals surface area contributed by atoms with Crippen molar-refractivity contribution in [3.8, 4) is 0 Å². The summed E-state index contributed by atoms with van der Waals surface area (Å²) in [6, 6.07) is 14.1. The van der Waals surface area contributed by atoms with Gasteiger partial charge in [0.25, 0.3) is 5.91 Å². The Hall–Kier alpha value is -3.61. The number of para-hydroxylation sites is 1. The van der Waals surface area contributed by atoms with Gasteiger partial charge in [-0.25, -0.2) is 0 Å². The lowest BCUT2D eigenvalue weighted by molar-refractivity contribution is -0.137. The van der Waals surface area contributed by atoms with Gasteiger partial charge in [-0.3, -0.25) is 14.4 Å². The Labute approximate surface area is 155 Å². The van der Waals surface area contributed by atoms with Crippen LogP contribution < -0.4 is 10.6 Å². The zero-order valence-electron chi connectivity index (χ0n) is 14.6. The largest absolute Gasteiger partial charge is 0.480 e. The summed E-state index contributed by atoms with van der Waals surface area (Å²) in [7, 11) is 0. The molecule has 1 heterocycles. The summed E-state index contributed by atoms with van der Waals surface area (Å²) in [5.41, 5.74) is 2.91. The van der Waals surface area contributed by atoms with Crippen LogP contribution in [0.4, 0.5) is 5.69 Å². The molecule has 0 aliphatic heterocycles. The van der Waals surface area contributed by atoms with Crippen LogP contribution in [-0.4, -0.2) is 29.4 Å². The molecule has 3 N–H and O–H groups in total. The van der Waals surface area contributed by atoms with E-state index in [0.29, 0.717) is 16.8 Å². The van der Waals surface area contributed by atoms with Crippen molar-refractivity contribution in [1.29, 1.82) is 0 Å². The number of carbonyl (C=O) groups is 3. The van der Waals surface area contributed by atoms with Crippen LogP contribution in [0.2, 0.25) is 0 Å². The second-order valence-electron chi connectivity index (χ2n) is 6.10. The molecule has 3 rings (SSSR count). The molecule has 1 aromatic heterocycles. The van der Waals surface area contributed by atoms with Crippen molar-refractivity contribution in [2.75, 3.05) is 11.9 Å². The van der Waals surface area contributed by atoms with Crippen molar-refractivity contribution in [2.24, 2.45) is 0 Å². The molecular weight excluding hydrogens is 348 g/mol. The van der Waals surface area contributed by atoms with E-state index < -0.39 is 12.5 Å². The van der Waals surface area contributed by atoms with Gasteiger partial charge in [-0.1, -0.05) is 30.3 Å². The van der Waals surface area contributed by atoms with E-state index in [1.54, 1.807) is 30.3 Å². The van der Waals surface area contributed by atoms with Gasteiger partial charge < -0.3 is 20.2 Å². The number of anilines is 1. The quantitative estimate of drug-likeness (QED) is 0.622. The fourth-order valence-electron chi connectivity index (χ4n) is 2.64. The number of fused-ring (bicyclic) bond motifs is 1. The van der Waals surface area contributed by atoms with Crippen LogP contribution >= 0.6 is 0 Å². The lowest BCUT2D eigenvalue weighted by atomic mass is 10.1. The van der Waals surface area contributed by atoms with Crippen LogP contribution in [-0.2, 0) is 16.0 Å². The number of nitrogens with one attached hydrogen (secondary N) is 2. The zero-order valence-corrected chi connectivity index (χ0v) is 14.6. The van der Waals surface area contributed by atoms with E-state index in [1.165, 1.54) is 0 Å². The molecule has 0 unspecified atom stereocenters. The Morgan fingerprint density at radius 1 is 1.07 bits per heavy atom. The Morgan fingerprint density at radius 2 is 1.81 bits per heavy atom. The summed E-state index contributed by atoms with van der Waals surface area (Å²) in [4.78, 5) is 34.4. The van der Waals surface area contributed by atoms with Gasteiger partial charge in [-0.05, 0) is 36.2 Å². The minimum Gasteiger partial charge on any atom is -0.480 e. The third kappa shape index (κ3) is 4.52. The Morgan fingerprint density at radius 3 is 2.48 bits per heavy atom. The average molecular weight is 366 g/mol. The van der Waals surface area contributed by atoms with Crippen molar-refractivity contribution < 1.29 is 23.9 Å². The zero-order chi connectivity index (χ0) is 19.4. The number of carboxylic acid groups (broad SMARTS) is 1. The van der Waals surface area contributed by atoms with E-state index >= 15 is 0 Å². The van der Waals surface area contributed by atoms with E-state index in [-0.39, 0.29) is 24.0 Å². The number of aliphatic carboxylic acids is 1. The molecule has 0 fully saturated rings. The lowest BCUT2D eigenvalue weighted by Gasteiger charge is -2.06. The minimum absolute atomic E-state index is 0.0599. The van der Waals surface area contributed by atoms with E-state index in [0.717, 1.165) is 10.9 Å². The van der Waals surface area contributed by atoms with E-state index in [1.807, 2.05) is 25.1 Å². The number of hydrogen-bond donors (Lipinski definition) is 3. The summed E-state index contributed by atoms with van der Waals surface area (Å²) in [6.45, 7) is 1.50. The molecule has 3 aromatic rings. The van der Waals surface area contributed by atoms with Crippen LogP contribution in [0.5, 0.6) is 0 Å². The molecule has 2 aromatic carbocycles. The summed E-state index contributed by atoms with van der Waals surface area (Å²) >= 11 is 0. The lowest BCUT2D eigenvalue weighted by Crippen LogP contribution is -2.30. The molecule has 0 spiro atoms. The van der Waals surface area contributed by atoms with E-state index in [4.69, 9.17) is 9.52 Å². The van der Waals surface area contributed by atoms with Crippen LogP contribution in [0.1, 0.15) is 21.7 Å². The Bertz CT molecular complexity index is 1000. The topological polar surface area (TPSA) is 109 Å². The summed E-state index contributed by atoms with van der Waals surface area (Å²) < 4.78 is 5.64. The highest BCUT2D eigenvalue weighted by Gasteiger charge is 2.13. The van der Waals surface area contributed by atoms with Crippen molar-refractivity contribution in [2.45, 2.75) is 13.3 Å². The molecule has 0 aliphatic rings. The second kappa shape index (κ2) is 7.74. The monoisotopic (exact) mass is 366 g/mol. The molecule has 0 atom stereocenters. The molecule has 7 heteroatoms. The van der Waals surface area contributed by atoms with Gasteiger partial charge in [0.05, 0.1) is 6.42 Å². The molecule has 2 amide bonds. The maximum absolute atomic E-state index is 12.4. The van der Waals surface area contributed by atoms with Gasteiger partial charge in [0, 0.05) is 11.1 Å². The van der Waals surface area contributed by atoms with Gasteiger partial charge in [-0.2, -0.15) is 0 Å². The SMILES string of the molecule is Cc1cccc2cc(C(=O)Nc3ccc(CC(=O)NCC(=O)O)cc3)oc12. The molecule has 0 aliphatic carbocycles. The third-order valence-electron chi connectivity index (χ3n) is 3.98. The number of furan rings is 1. The highest BCUT2D eigenvalue weighted by atomic mass is 16.4. The number of hydrogen-bond acceptors (Lipinski definition) is 4.